The van der Waals surface area contributed by atoms with Crippen LogP contribution in [0.2, 0.25) is 0 Å². The molecule has 2 fully saturated rings. The average Bonchev–Trinajstić information content (AvgIpc) is 2.89. The van der Waals surface area contributed by atoms with Crippen molar-refractivity contribution in [2.45, 2.75) is 78.8 Å². The summed E-state index contributed by atoms with van der Waals surface area (Å²) in [6.45, 7) is 12.2. The highest BCUT2D eigenvalue weighted by molar-refractivity contribution is 5.79. The first kappa shape index (κ1) is 17.5. The van der Waals surface area contributed by atoms with Crippen molar-refractivity contribution in [1.29, 1.82) is 0 Å². The van der Waals surface area contributed by atoms with Crippen molar-refractivity contribution in [2.24, 2.45) is 11.8 Å². The van der Waals surface area contributed by atoms with E-state index in [2.05, 4.69) is 25.7 Å². The summed E-state index contributed by atoms with van der Waals surface area (Å²) < 4.78 is 5.39. The molecule has 0 saturated carbocycles. The van der Waals surface area contributed by atoms with E-state index in [-0.39, 0.29) is 5.92 Å². The molecule has 2 saturated heterocycles. The second-order valence-corrected chi connectivity index (χ2v) is 5.97. The maximum Gasteiger partial charge on any atom is 0.226 e. The molecule has 2 unspecified atom stereocenters. The fourth-order valence-electron chi connectivity index (χ4n) is 3.52. The Hall–Kier alpha value is -0.570. The molecule has 0 radical (unpaired) electrons. The topological polar surface area (TPSA) is 29.5 Å². The van der Waals surface area contributed by atoms with Crippen LogP contribution < -0.4 is 0 Å². The first-order valence-corrected chi connectivity index (χ1v) is 8.55. The monoisotopic (exact) mass is 283 g/mol. The molecule has 0 spiro atoms. The zero-order valence-corrected chi connectivity index (χ0v) is 14.0. The molecule has 3 atom stereocenters. The van der Waals surface area contributed by atoms with Gasteiger partial charge in [0.05, 0.1) is 0 Å². The number of carbonyl (C=O) groups is 1. The Morgan fingerprint density at radius 1 is 1.20 bits per heavy atom. The van der Waals surface area contributed by atoms with E-state index < -0.39 is 0 Å². The Balaban J connectivity index is 0.000000956. The van der Waals surface area contributed by atoms with Crippen LogP contribution in [0.1, 0.15) is 66.7 Å². The number of likely N-dealkylation sites (tertiary alicyclic amines) is 1. The van der Waals surface area contributed by atoms with Gasteiger partial charge in [-0.1, -0.05) is 27.7 Å². The van der Waals surface area contributed by atoms with Gasteiger partial charge in [0, 0.05) is 31.2 Å². The van der Waals surface area contributed by atoms with Crippen molar-refractivity contribution in [1.82, 2.24) is 4.90 Å². The molecular formula is C17H33NO2. The Kier molecular flexibility index (Phi) is 7.57. The summed E-state index contributed by atoms with van der Waals surface area (Å²) in [6, 6.07) is 0.916. The van der Waals surface area contributed by atoms with E-state index in [0.717, 1.165) is 32.5 Å². The van der Waals surface area contributed by atoms with Crippen molar-refractivity contribution >= 4 is 5.91 Å². The van der Waals surface area contributed by atoms with E-state index in [9.17, 15) is 4.79 Å². The van der Waals surface area contributed by atoms with Crippen LogP contribution >= 0.6 is 0 Å². The third-order valence-electron chi connectivity index (χ3n) is 4.87. The Bertz CT molecular complexity index is 287. The SMILES string of the molecule is CC.CCC1CC[C@@H](C)N1C(=O)C(C)C1CCOCC1. The zero-order valence-electron chi connectivity index (χ0n) is 14.0. The molecule has 3 nitrogen and oxygen atoms in total. The smallest absolute Gasteiger partial charge is 0.226 e. The maximum atomic E-state index is 12.7. The molecule has 20 heavy (non-hydrogen) atoms. The Morgan fingerprint density at radius 2 is 1.80 bits per heavy atom. The molecule has 118 valence electrons. The minimum absolute atomic E-state index is 0.170. The molecule has 2 aliphatic heterocycles. The molecule has 0 bridgehead atoms. The van der Waals surface area contributed by atoms with Crippen LogP contribution in [0, 0.1) is 11.8 Å². The summed E-state index contributed by atoms with van der Waals surface area (Å²) in [4.78, 5) is 14.9. The molecule has 2 aliphatic rings. The van der Waals surface area contributed by atoms with Gasteiger partial charge in [0.15, 0.2) is 0 Å². The van der Waals surface area contributed by atoms with Gasteiger partial charge in [-0.05, 0) is 44.9 Å². The number of hydrogen-bond acceptors (Lipinski definition) is 2. The largest absolute Gasteiger partial charge is 0.381 e. The van der Waals surface area contributed by atoms with E-state index in [4.69, 9.17) is 4.74 Å². The molecule has 0 aliphatic carbocycles. The van der Waals surface area contributed by atoms with Crippen LogP contribution in [0.3, 0.4) is 0 Å². The molecule has 2 rings (SSSR count). The lowest BCUT2D eigenvalue weighted by Gasteiger charge is -2.34. The summed E-state index contributed by atoms with van der Waals surface area (Å²) >= 11 is 0. The van der Waals surface area contributed by atoms with Crippen molar-refractivity contribution in [3.8, 4) is 0 Å². The van der Waals surface area contributed by atoms with Gasteiger partial charge in [-0.3, -0.25) is 4.79 Å². The van der Waals surface area contributed by atoms with Gasteiger partial charge < -0.3 is 9.64 Å². The van der Waals surface area contributed by atoms with Gasteiger partial charge in [-0.25, -0.2) is 0 Å². The van der Waals surface area contributed by atoms with Crippen LogP contribution in [0.15, 0.2) is 0 Å². The third-order valence-corrected chi connectivity index (χ3v) is 4.87. The first-order chi connectivity index (χ1) is 9.65. The summed E-state index contributed by atoms with van der Waals surface area (Å²) in [5.41, 5.74) is 0. The van der Waals surface area contributed by atoms with Crippen molar-refractivity contribution < 1.29 is 9.53 Å². The number of amides is 1. The molecule has 0 aromatic rings. The molecule has 0 aromatic carbocycles. The summed E-state index contributed by atoms with van der Waals surface area (Å²) in [5.74, 6) is 1.08. The van der Waals surface area contributed by atoms with Gasteiger partial charge in [0.2, 0.25) is 5.91 Å². The molecule has 1 amide bonds. The predicted molar refractivity (Wildman–Crippen MR) is 83.7 cm³/mol. The lowest BCUT2D eigenvalue weighted by Crippen LogP contribution is -2.45. The lowest BCUT2D eigenvalue weighted by atomic mass is 9.86. The summed E-state index contributed by atoms with van der Waals surface area (Å²) in [7, 11) is 0. The van der Waals surface area contributed by atoms with E-state index in [1.807, 2.05) is 13.8 Å². The number of ether oxygens (including phenoxy) is 1. The van der Waals surface area contributed by atoms with E-state index in [1.54, 1.807) is 0 Å². The van der Waals surface area contributed by atoms with Crippen molar-refractivity contribution in [2.75, 3.05) is 13.2 Å². The van der Waals surface area contributed by atoms with E-state index >= 15 is 0 Å². The van der Waals surface area contributed by atoms with E-state index in [1.165, 1.54) is 12.8 Å². The summed E-state index contributed by atoms with van der Waals surface area (Å²) in [6.07, 6.45) is 5.54. The second kappa shape index (κ2) is 8.66. The Morgan fingerprint density at radius 3 is 2.35 bits per heavy atom. The van der Waals surface area contributed by atoms with Crippen LogP contribution in [-0.4, -0.2) is 36.1 Å². The molecule has 0 N–H and O–H groups in total. The highest BCUT2D eigenvalue weighted by Gasteiger charge is 2.37. The fraction of sp³-hybridized carbons (Fsp3) is 0.941. The fourth-order valence-corrected chi connectivity index (χ4v) is 3.52. The van der Waals surface area contributed by atoms with Gasteiger partial charge in [0.1, 0.15) is 0 Å². The standard InChI is InChI=1S/C15H27NO2.C2H6/c1-4-14-6-5-11(2)16(14)15(17)12(3)13-7-9-18-10-8-13;1-2/h11-14H,4-10H2,1-3H3;1-2H3/t11-,12?,14?;/m1./s1. The maximum absolute atomic E-state index is 12.7. The average molecular weight is 283 g/mol. The van der Waals surface area contributed by atoms with Crippen molar-refractivity contribution in [3.63, 3.8) is 0 Å². The van der Waals surface area contributed by atoms with Gasteiger partial charge in [-0.2, -0.15) is 0 Å². The second-order valence-electron chi connectivity index (χ2n) is 5.97. The van der Waals surface area contributed by atoms with Gasteiger partial charge in [-0.15, -0.1) is 0 Å². The molecular weight excluding hydrogens is 250 g/mol. The van der Waals surface area contributed by atoms with Gasteiger partial charge >= 0.3 is 0 Å². The minimum Gasteiger partial charge on any atom is -0.381 e. The predicted octanol–water partition coefficient (Wildman–Crippen LogP) is 3.86. The van der Waals surface area contributed by atoms with Crippen LogP contribution in [0.5, 0.6) is 0 Å². The normalized spacial score (nSPS) is 28.8. The molecule has 0 aromatic heterocycles. The van der Waals surface area contributed by atoms with Crippen molar-refractivity contribution in [3.05, 3.63) is 0 Å². The number of carbonyl (C=O) groups excluding carboxylic acids is 1. The number of hydrogen-bond donors (Lipinski definition) is 0. The highest BCUT2D eigenvalue weighted by Crippen LogP contribution is 2.31. The Labute approximate surface area is 125 Å². The van der Waals surface area contributed by atoms with Crippen LogP contribution in [0.4, 0.5) is 0 Å². The van der Waals surface area contributed by atoms with Crippen LogP contribution in [-0.2, 0) is 9.53 Å². The summed E-state index contributed by atoms with van der Waals surface area (Å²) in [5, 5.41) is 0. The number of rotatable bonds is 3. The third kappa shape index (κ3) is 3.97. The highest BCUT2D eigenvalue weighted by atomic mass is 16.5. The van der Waals surface area contributed by atoms with Crippen LogP contribution in [0.25, 0.3) is 0 Å². The zero-order chi connectivity index (χ0) is 15.1. The van der Waals surface area contributed by atoms with E-state index in [0.29, 0.717) is 23.9 Å². The minimum atomic E-state index is 0.170. The lowest BCUT2D eigenvalue weighted by molar-refractivity contribution is -0.140. The number of nitrogens with zero attached hydrogens (tertiary/aromatic N) is 1. The quantitative estimate of drug-likeness (QED) is 0.787. The first-order valence-electron chi connectivity index (χ1n) is 8.55. The molecule has 2 heterocycles. The molecule has 3 heteroatoms. The van der Waals surface area contributed by atoms with Gasteiger partial charge in [0.25, 0.3) is 0 Å².